The van der Waals surface area contributed by atoms with Crippen LogP contribution in [0, 0.1) is 13.8 Å². The molecule has 0 saturated heterocycles. The number of nitrogens with zero attached hydrogens (tertiary/aromatic N) is 3. The number of aliphatic hydroxyl groups excluding tert-OH is 1. The molecule has 0 bridgehead atoms. The highest BCUT2D eigenvalue weighted by Crippen LogP contribution is 2.17. The summed E-state index contributed by atoms with van der Waals surface area (Å²) in [5.41, 5.74) is 5.25. The Bertz CT molecular complexity index is 1010. The van der Waals surface area contributed by atoms with Gasteiger partial charge in [-0.3, -0.25) is 0 Å². The Morgan fingerprint density at radius 1 is 1.09 bits per heavy atom. The molecule has 8 heteroatoms. The quantitative estimate of drug-likeness (QED) is 0.199. The minimum absolute atomic E-state index is 0. The van der Waals surface area contributed by atoms with Gasteiger partial charge in [-0.15, -0.1) is 24.0 Å². The fourth-order valence-electron chi connectivity index (χ4n) is 3.39. The average molecular weight is 563 g/mol. The maximum Gasteiger partial charge on any atom is 0.191 e. The van der Waals surface area contributed by atoms with E-state index in [9.17, 15) is 5.11 Å². The molecule has 3 aromatic rings. The van der Waals surface area contributed by atoms with Gasteiger partial charge in [-0.25, -0.2) is 9.67 Å². The SMILES string of the molecule is CCNC(=NCc1ccccc1-n1nc(C)cc1C)NCC(O)COCc1ccccc1.I. The van der Waals surface area contributed by atoms with Crippen molar-refractivity contribution in [3.8, 4) is 5.69 Å². The first-order valence-corrected chi connectivity index (χ1v) is 11.0. The number of nitrogens with one attached hydrogen (secondary N) is 2. The molecule has 33 heavy (non-hydrogen) atoms. The van der Waals surface area contributed by atoms with E-state index in [0.717, 1.165) is 34.7 Å². The summed E-state index contributed by atoms with van der Waals surface area (Å²) < 4.78 is 7.57. The molecule has 0 saturated carbocycles. The number of rotatable bonds is 10. The molecule has 0 amide bonds. The summed E-state index contributed by atoms with van der Waals surface area (Å²) in [5.74, 6) is 0.651. The average Bonchev–Trinajstić information content (AvgIpc) is 3.14. The molecular formula is C25H34IN5O2. The second-order valence-corrected chi connectivity index (χ2v) is 7.70. The van der Waals surface area contributed by atoms with Gasteiger partial charge < -0.3 is 20.5 Å². The van der Waals surface area contributed by atoms with Gasteiger partial charge in [-0.2, -0.15) is 5.10 Å². The lowest BCUT2D eigenvalue weighted by molar-refractivity contribution is 0.0308. The minimum atomic E-state index is -0.635. The minimum Gasteiger partial charge on any atom is -0.389 e. The summed E-state index contributed by atoms with van der Waals surface area (Å²) in [5, 5.41) is 21.3. The lowest BCUT2D eigenvalue weighted by Crippen LogP contribution is -2.42. The van der Waals surface area contributed by atoms with E-state index in [2.05, 4.69) is 33.9 Å². The van der Waals surface area contributed by atoms with Crippen molar-refractivity contribution < 1.29 is 9.84 Å². The number of aryl methyl sites for hydroxylation is 2. The Morgan fingerprint density at radius 3 is 2.52 bits per heavy atom. The summed E-state index contributed by atoms with van der Waals surface area (Å²) in [7, 11) is 0. The summed E-state index contributed by atoms with van der Waals surface area (Å²) >= 11 is 0. The van der Waals surface area contributed by atoms with Crippen molar-refractivity contribution in [2.75, 3.05) is 19.7 Å². The molecule has 0 aliphatic rings. The van der Waals surface area contributed by atoms with Gasteiger partial charge in [0.1, 0.15) is 0 Å². The number of aliphatic imine (C=N–C) groups is 1. The molecule has 7 nitrogen and oxygen atoms in total. The van der Waals surface area contributed by atoms with Gasteiger partial charge in [-0.05, 0) is 44.0 Å². The Morgan fingerprint density at radius 2 is 1.82 bits per heavy atom. The molecular weight excluding hydrogens is 529 g/mol. The molecule has 3 N–H and O–H groups in total. The molecule has 0 spiro atoms. The van der Waals surface area contributed by atoms with Crippen LogP contribution in [-0.2, 0) is 17.9 Å². The van der Waals surface area contributed by atoms with E-state index in [-0.39, 0.29) is 30.6 Å². The number of benzene rings is 2. The number of hydrogen-bond acceptors (Lipinski definition) is 4. The van der Waals surface area contributed by atoms with Crippen LogP contribution < -0.4 is 10.6 Å². The number of aromatic nitrogens is 2. The van der Waals surface area contributed by atoms with Gasteiger partial charge in [-0.1, -0.05) is 48.5 Å². The number of para-hydroxylation sites is 1. The zero-order valence-corrected chi connectivity index (χ0v) is 21.8. The van der Waals surface area contributed by atoms with Crippen LogP contribution in [0.3, 0.4) is 0 Å². The van der Waals surface area contributed by atoms with E-state index in [4.69, 9.17) is 9.73 Å². The first kappa shape index (κ1) is 26.8. The highest BCUT2D eigenvalue weighted by Gasteiger charge is 2.10. The van der Waals surface area contributed by atoms with Crippen LogP contribution in [0.2, 0.25) is 0 Å². The normalized spacial score (nSPS) is 12.2. The molecule has 0 aliphatic carbocycles. The van der Waals surface area contributed by atoms with Gasteiger partial charge in [0, 0.05) is 18.8 Å². The fourth-order valence-corrected chi connectivity index (χ4v) is 3.39. The monoisotopic (exact) mass is 563 g/mol. The molecule has 0 fully saturated rings. The maximum atomic E-state index is 10.3. The van der Waals surface area contributed by atoms with Crippen molar-refractivity contribution in [1.82, 2.24) is 20.4 Å². The lowest BCUT2D eigenvalue weighted by Gasteiger charge is -2.16. The van der Waals surface area contributed by atoms with Crippen LogP contribution in [0.25, 0.3) is 5.69 Å². The van der Waals surface area contributed by atoms with Crippen LogP contribution in [0.15, 0.2) is 65.7 Å². The van der Waals surface area contributed by atoms with Gasteiger partial charge in [0.15, 0.2) is 5.96 Å². The largest absolute Gasteiger partial charge is 0.389 e. The molecule has 2 aromatic carbocycles. The molecule has 0 radical (unpaired) electrons. The number of halogens is 1. The molecule has 1 aromatic heterocycles. The third-order valence-corrected chi connectivity index (χ3v) is 4.91. The van der Waals surface area contributed by atoms with Crippen LogP contribution >= 0.6 is 24.0 Å². The summed E-state index contributed by atoms with van der Waals surface area (Å²) in [6.45, 7) is 8.35. The fraction of sp³-hybridized carbons (Fsp3) is 0.360. The van der Waals surface area contributed by atoms with E-state index in [1.807, 2.05) is 67.9 Å². The first-order valence-electron chi connectivity index (χ1n) is 11.0. The molecule has 3 rings (SSSR count). The van der Waals surface area contributed by atoms with Crippen molar-refractivity contribution in [3.63, 3.8) is 0 Å². The van der Waals surface area contributed by atoms with E-state index >= 15 is 0 Å². The highest BCUT2D eigenvalue weighted by molar-refractivity contribution is 14.0. The summed E-state index contributed by atoms with van der Waals surface area (Å²) in [6.07, 6.45) is -0.635. The van der Waals surface area contributed by atoms with Crippen LogP contribution in [0.5, 0.6) is 0 Å². The lowest BCUT2D eigenvalue weighted by atomic mass is 10.2. The Kier molecular flexibility index (Phi) is 11.4. The molecule has 1 atom stereocenters. The maximum absolute atomic E-state index is 10.3. The number of guanidine groups is 1. The van der Waals surface area contributed by atoms with Crippen molar-refractivity contribution in [2.24, 2.45) is 4.99 Å². The van der Waals surface area contributed by atoms with E-state index in [0.29, 0.717) is 25.7 Å². The third-order valence-electron chi connectivity index (χ3n) is 4.91. The van der Waals surface area contributed by atoms with Crippen molar-refractivity contribution in [1.29, 1.82) is 0 Å². The van der Waals surface area contributed by atoms with Crippen LogP contribution in [0.1, 0.15) is 29.4 Å². The number of hydrogen-bond donors (Lipinski definition) is 3. The zero-order chi connectivity index (χ0) is 22.8. The predicted molar refractivity (Wildman–Crippen MR) is 143 cm³/mol. The smallest absolute Gasteiger partial charge is 0.191 e. The van der Waals surface area contributed by atoms with E-state index in [1.54, 1.807) is 0 Å². The van der Waals surface area contributed by atoms with Gasteiger partial charge >= 0.3 is 0 Å². The first-order chi connectivity index (χ1) is 15.6. The Balaban J connectivity index is 0.00000385. The third kappa shape index (κ3) is 8.45. The standard InChI is InChI=1S/C25H33N5O2.HI/c1-4-26-25(28-16-23(31)18-32-17-21-10-6-5-7-11-21)27-15-22-12-8-9-13-24(22)30-20(3)14-19(2)29-30;/h5-14,23,31H,4,15-18H2,1-3H3,(H2,26,27,28);1H. The Labute approximate surface area is 213 Å². The van der Waals surface area contributed by atoms with Gasteiger partial charge in [0.25, 0.3) is 0 Å². The number of ether oxygens (including phenoxy) is 1. The van der Waals surface area contributed by atoms with Crippen LogP contribution in [0.4, 0.5) is 0 Å². The molecule has 1 unspecified atom stereocenters. The van der Waals surface area contributed by atoms with Crippen molar-refractivity contribution >= 4 is 29.9 Å². The van der Waals surface area contributed by atoms with Gasteiger partial charge in [0.2, 0.25) is 0 Å². The zero-order valence-electron chi connectivity index (χ0n) is 19.5. The topological polar surface area (TPSA) is 83.7 Å². The second-order valence-electron chi connectivity index (χ2n) is 7.70. The van der Waals surface area contributed by atoms with Crippen molar-refractivity contribution in [3.05, 3.63) is 83.2 Å². The van der Waals surface area contributed by atoms with E-state index in [1.165, 1.54) is 0 Å². The van der Waals surface area contributed by atoms with E-state index < -0.39 is 6.10 Å². The molecule has 178 valence electrons. The Hall–Kier alpha value is -2.43. The summed E-state index contributed by atoms with van der Waals surface area (Å²) in [6, 6.07) is 20.1. The highest BCUT2D eigenvalue weighted by atomic mass is 127. The van der Waals surface area contributed by atoms with Crippen molar-refractivity contribution in [2.45, 2.75) is 40.0 Å². The molecule has 0 aliphatic heterocycles. The predicted octanol–water partition coefficient (Wildman–Crippen LogP) is 3.74. The summed E-state index contributed by atoms with van der Waals surface area (Å²) in [4.78, 5) is 4.71. The van der Waals surface area contributed by atoms with Crippen LogP contribution in [-0.4, -0.2) is 46.6 Å². The second kappa shape index (κ2) is 14.0. The molecule has 1 heterocycles. The van der Waals surface area contributed by atoms with Gasteiger partial charge in [0.05, 0.1) is 37.2 Å². The number of aliphatic hydroxyl groups is 1.